The second kappa shape index (κ2) is 9.53. The lowest BCUT2D eigenvalue weighted by molar-refractivity contribution is -0.120. The molecule has 0 radical (unpaired) electrons. The number of aryl methyl sites for hydroxylation is 1. The fourth-order valence-electron chi connectivity index (χ4n) is 4.23. The quantitative estimate of drug-likeness (QED) is 0.820. The number of carbonyl (C=O) groups is 1. The summed E-state index contributed by atoms with van der Waals surface area (Å²) in [6, 6.07) is 16.6. The molecular weight excluding hydrogens is 362 g/mol. The van der Waals surface area contributed by atoms with E-state index in [1.54, 1.807) is 0 Å². The lowest BCUT2D eigenvalue weighted by Gasteiger charge is -2.32. The average Bonchev–Trinajstić information content (AvgIpc) is 2.78. The minimum atomic E-state index is -0.224. The summed E-state index contributed by atoms with van der Waals surface area (Å²) in [6.45, 7) is 7.98. The number of benzene rings is 2. The number of rotatable bonds is 6. The Balaban J connectivity index is 1.39. The minimum absolute atomic E-state index is 0.155. The third-order valence-corrected chi connectivity index (χ3v) is 5.96. The Morgan fingerprint density at radius 1 is 1.03 bits per heavy atom. The SMILES string of the molecule is C[C@H](NCc1ccccc1CN1CCOCC1)C(=O)N1CCCc2ccccc21. The molecule has 5 nitrogen and oxygen atoms in total. The molecule has 0 saturated carbocycles. The Hall–Kier alpha value is -2.21. The molecule has 1 N–H and O–H groups in total. The third-order valence-electron chi connectivity index (χ3n) is 5.96. The van der Waals surface area contributed by atoms with Gasteiger partial charge in [0.05, 0.1) is 19.3 Å². The molecule has 4 rings (SSSR count). The fraction of sp³-hybridized carbons (Fsp3) is 0.458. The van der Waals surface area contributed by atoms with Crippen LogP contribution in [0, 0.1) is 0 Å². The molecule has 0 bridgehead atoms. The maximum absolute atomic E-state index is 13.1. The van der Waals surface area contributed by atoms with Crippen molar-refractivity contribution in [1.29, 1.82) is 0 Å². The molecule has 5 heteroatoms. The van der Waals surface area contributed by atoms with Crippen LogP contribution in [0.5, 0.6) is 0 Å². The van der Waals surface area contributed by atoms with Crippen LogP contribution in [0.15, 0.2) is 48.5 Å². The van der Waals surface area contributed by atoms with E-state index in [0.717, 1.165) is 57.9 Å². The van der Waals surface area contributed by atoms with E-state index < -0.39 is 0 Å². The fourth-order valence-corrected chi connectivity index (χ4v) is 4.23. The van der Waals surface area contributed by atoms with Crippen molar-refractivity contribution in [3.05, 3.63) is 65.2 Å². The number of nitrogens with one attached hydrogen (secondary N) is 1. The number of fused-ring (bicyclic) bond motifs is 1. The Labute approximate surface area is 173 Å². The van der Waals surface area contributed by atoms with Crippen LogP contribution in [0.1, 0.15) is 30.0 Å². The Morgan fingerprint density at radius 3 is 2.59 bits per heavy atom. The summed E-state index contributed by atoms with van der Waals surface area (Å²) in [5, 5.41) is 3.47. The highest BCUT2D eigenvalue weighted by molar-refractivity contribution is 5.98. The second-order valence-corrected chi connectivity index (χ2v) is 7.98. The molecular formula is C24H31N3O2. The molecule has 0 aromatic heterocycles. The van der Waals surface area contributed by atoms with Crippen LogP contribution < -0.4 is 10.2 Å². The zero-order chi connectivity index (χ0) is 20.1. The number of anilines is 1. The van der Waals surface area contributed by atoms with Gasteiger partial charge in [0.2, 0.25) is 5.91 Å². The predicted octanol–water partition coefficient (Wildman–Crippen LogP) is 2.98. The van der Waals surface area contributed by atoms with Gasteiger partial charge < -0.3 is 15.0 Å². The molecule has 1 atom stereocenters. The Kier molecular flexibility index (Phi) is 6.60. The summed E-state index contributed by atoms with van der Waals surface area (Å²) >= 11 is 0. The van der Waals surface area contributed by atoms with Crippen LogP contribution in [0.2, 0.25) is 0 Å². The highest BCUT2D eigenvalue weighted by Gasteiger charge is 2.26. The van der Waals surface area contributed by atoms with Gasteiger partial charge in [0.15, 0.2) is 0 Å². The second-order valence-electron chi connectivity index (χ2n) is 7.98. The van der Waals surface area contributed by atoms with E-state index >= 15 is 0 Å². The number of ether oxygens (including phenoxy) is 1. The van der Waals surface area contributed by atoms with Gasteiger partial charge in [-0.15, -0.1) is 0 Å². The van der Waals surface area contributed by atoms with Crippen LogP contribution in [-0.4, -0.2) is 49.7 Å². The minimum Gasteiger partial charge on any atom is -0.379 e. The maximum Gasteiger partial charge on any atom is 0.243 e. The van der Waals surface area contributed by atoms with Gasteiger partial charge in [-0.25, -0.2) is 0 Å². The van der Waals surface area contributed by atoms with Crippen molar-refractivity contribution in [3.8, 4) is 0 Å². The molecule has 0 aliphatic carbocycles. The van der Waals surface area contributed by atoms with Gasteiger partial charge in [0.1, 0.15) is 0 Å². The van der Waals surface area contributed by atoms with Crippen molar-refractivity contribution in [2.45, 2.75) is 38.9 Å². The third kappa shape index (κ3) is 4.86. The molecule has 2 aliphatic rings. The topological polar surface area (TPSA) is 44.8 Å². The van der Waals surface area contributed by atoms with E-state index in [-0.39, 0.29) is 11.9 Å². The van der Waals surface area contributed by atoms with Gasteiger partial charge in [0.25, 0.3) is 0 Å². The number of hydrogen-bond donors (Lipinski definition) is 1. The molecule has 1 amide bonds. The first-order chi connectivity index (χ1) is 14.2. The van der Waals surface area contributed by atoms with Gasteiger partial charge in [-0.2, -0.15) is 0 Å². The number of hydrogen-bond acceptors (Lipinski definition) is 4. The first-order valence-electron chi connectivity index (χ1n) is 10.7. The normalized spacial score (nSPS) is 18.3. The van der Waals surface area contributed by atoms with Gasteiger partial charge >= 0.3 is 0 Å². The highest BCUT2D eigenvalue weighted by Crippen LogP contribution is 2.27. The number of amides is 1. The molecule has 0 unspecified atom stereocenters. The van der Waals surface area contributed by atoms with E-state index in [0.29, 0.717) is 6.54 Å². The van der Waals surface area contributed by atoms with Gasteiger partial charge in [-0.05, 0) is 42.5 Å². The van der Waals surface area contributed by atoms with Crippen molar-refractivity contribution in [3.63, 3.8) is 0 Å². The van der Waals surface area contributed by atoms with E-state index in [1.165, 1.54) is 16.7 Å². The molecule has 154 valence electrons. The predicted molar refractivity (Wildman–Crippen MR) is 116 cm³/mol. The summed E-state index contributed by atoms with van der Waals surface area (Å²) in [6.07, 6.45) is 2.08. The highest BCUT2D eigenvalue weighted by atomic mass is 16.5. The number of morpholine rings is 1. The first kappa shape index (κ1) is 20.1. The molecule has 2 aromatic carbocycles. The smallest absolute Gasteiger partial charge is 0.243 e. The van der Waals surface area contributed by atoms with E-state index in [9.17, 15) is 4.79 Å². The lowest BCUT2D eigenvalue weighted by Crippen LogP contribution is -2.46. The van der Waals surface area contributed by atoms with Crippen molar-refractivity contribution >= 4 is 11.6 Å². The Morgan fingerprint density at radius 2 is 1.76 bits per heavy atom. The van der Waals surface area contributed by atoms with Crippen LogP contribution in [0.4, 0.5) is 5.69 Å². The van der Waals surface area contributed by atoms with E-state index in [4.69, 9.17) is 4.74 Å². The summed E-state index contributed by atoms with van der Waals surface area (Å²) in [7, 11) is 0. The van der Waals surface area contributed by atoms with Crippen molar-refractivity contribution in [2.24, 2.45) is 0 Å². The maximum atomic E-state index is 13.1. The zero-order valence-electron chi connectivity index (χ0n) is 17.3. The van der Waals surface area contributed by atoms with Crippen LogP contribution in [0.25, 0.3) is 0 Å². The lowest BCUT2D eigenvalue weighted by atomic mass is 10.0. The van der Waals surface area contributed by atoms with Crippen LogP contribution in [0.3, 0.4) is 0 Å². The van der Waals surface area contributed by atoms with E-state index in [1.807, 2.05) is 17.9 Å². The standard InChI is InChI=1S/C24H31N3O2/c1-19(24(28)27-12-6-10-20-7-4-5-11-23(20)27)25-17-21-8-2-3-9-22(21)18-26-13-15-29-16-14-26/h2-5,7-9,11,19,25H,6,10,12-18H2,1H3/t19-/m0/s1. The summed E-state index contributed by atoms with van der Waals surface area (Å²) in [5.74, 6) is 0.155. The van der Waals surface area contributed by atoms with Crippen molar-refractivity contribution in [2.75, 3.05) is 37.7 Å². The number of para-hydroxylation sites is 1. The summed E-state index contributed by atoms with van der Waals surface area (Å²) < 4.78 is 5.46. The molecule has 1 fully saturated rings. The molecule has 2 heterocycles. The van der Waals surface area contributed by atoms with Crippen LogP contribution in [-0.2, 0) is 29.0 Å². The summed E-state index contributed by atoms with van der Waals surface area (Å²) in [5.41, 5.74) is 4.93. The molecule has 2 aliphatic heterocycles. The van der Waals surface area contributed by atoms with Crippen molar-refractivity contribution in [1.82, 2.24) is 10.2 Å². The monoisotopic (exact) mass is 393 g/mol. The average molecular weight is 394 g/mol. The van der Waals surface area contributed by atoms with Crippen LogP contribution >= 0.6 is 0 Å². The van der Waals surface area contributed by atoms with Gasteiger partial charge in [-0.1, -0.05) is 42.5 Å². The molecule has 1 saturated heterocycles. The zero-order valence-corrected chi connectivity index (χ0v) is 17.3. The Bertz CT molecular complexity index is 832. The molecule has 29 heavy (non-hydrogen) atoms. The van der Waals surface area contributed by atoms with Gasteiger partial charge in [-0.3, -0.25) is 9.69 Å². The van der Waals surface area contributed by atoms with Gasteiger partial charge in [0, 0.05) is 38.4 Å². The first-order valence-corrected chi connectivity index (χ1v) is 10.7. The molecule has 2 aromatic rings. The summed E-state index contributed by atoms with van der Waals surface area (Å²) in [4.78, 5) is 17.5. The van der Waals surface area contributed by atoms with Crippen molar-refractivity contribution < 1.29 is 9.53 Å². The van der Waals surface area contributed by atoms with E-state index in [2.05, 4.69) is 52.7 Å². The number of nitrogens with zero attached hydrogens (tertiary/aromatic N) is 2. The number of carbonyl (C=O) groups excluding carboxylic acids is 1. The molecule has 0 spiro atoms. The largest absolute Gasteiger partial charge is 0.379 e.